The van der Waals surface area contributed by atoms with E-state index in [-0.39, 0.29) is 11.9 Å². The van der Waals surface area contributed by atoms with Gasteiger partial charge in [-0.1, -0.05) is 18.2 Å². The van der Waals surface area contributed by atoms with Crippen molar-refractivity contribution in [1.82, 2.24) is 0 Å². The summed E-state index contributed by atoms with van der Waals surface area (Å²) < 4.78 is 18.8. The van der Waals surface area contributed by atoms with Gasteiger partial charge in [0.15, 0.2) is 0 Å². The van der Waals surface area contributed by atoms with Crippen LogP contribution in [-0.4, -0.2) is 12.1 Å². The van der Waals surface area contributed by atoms with Crippen LogP contribution in [0.25, 0.3) is 0 Å². The quantitative estimate of drug-likeness (QED) is 0.884. The molecule has 3 rings (SSSR count). The number of nitrogens with one attached hydrogen (secondary N) is 1. The summed E-state index contributed by atoms with van der Waals surface area (Å²) >= 11 is 0. The van der Waals surface area contributed by atoms with E-state index in [9.17, 15) is 4.39 Å². The summed E-state index contributed by atoms with van der Waals surface area (Å²) in [5.41, 5.74) is 1.18. The highest BCUT2D eigenvalue weighted by atomic mass is 19.1. The number of anilines is 1. The number of rotatable bonds is 4. The predicted molar refractivity (Wildman–Crippen MR) is 83.1 cm³/mol. The molecule has 2 aromatic carbocycles. The van der Waals surface area contributed by atoms with E-state index in [1.165, 1.54) is 17.8 Å². The van der Waals surface area contributed by atoms with E-state index < -0.39 is 0 Å². The van der Waals surface area contributed by atoms with Crippen LogP contribution >= 0.6 is 0 Å². The van der Waals surface area contributed by atoms with Crippen LogP contribution in [0.4, 0.5) is 10.1 Å². The van der Waals surface area contributed by atoms with Crippen LogP contribution in [0.15, 0.2) is 54.6 Å². The first-order chi connectivity index (χ1) is 10.3. The van der Waals surface area contributed by atoms with Crippen molar-refractivity contribution in [2.24, 2.45) is 0 Å². The van der Waals surface area contributed by atoms with E-state index in [0.717, 1.165) is 31.4 Å². The number of para-hydroxylation sites is 1. The van der Waals surface area contributed by atoms with Crippen molar-refractivity contribution in [3.05, 3.63) is 60.4 Å². The molecule has 3 heteroatoms. The molecule has 0 spiro atoms. The summed E-state index contributed by atoms with van der Waals surface area (Å²) in [4.78, 5) is 0. The Bertz CT molecular complexity index is 547. The standard InChI is InChI=1S/C18H20FNO/c19-14-6-10-17(11-7-14)21-18-12-8-16(9-13-18)20-15-4-2-1-3-5-15/h1-7,10-11,16,18,20H,8-9,12-13H2. The van der Waals surface area contributed by atoms with Crippen LogP contribution < -0.4 is 10.1 Å². The molecule has 1 aliphatic rings. The third-order valence-electron chi connectivity index (χ3n) is 3.94. The summed E-state index contributed by atoms with van der Waals surface area (Å²) in [6, 6.07) is 17.1. The Balaban J connectivity index is 1.47. The summed E-state index contributed by atoms with van der Waals surface area (Å²) in [5, 5.41) is 3.57. The smallest absolute Gasteiger partial charge is 0.123 e. The van der Waals surface area contributed by atoms with Gasteiger partial charge in [0.1, 0.15) is 11.6 Å². The molecular weight excluding hydrogens is 265 g/mol. The summed E-state index contributed by atoms with van der Waals surface area (Å²) in [7, 11) is 0. The highest BCUT2D eigenvalue weighted by Gasteiger charge is 2.22. The first kappa shape index (κ1) is 13.9. The Morgan fingerprint density at radius 1 is 0.857 bits per heavy atom. The molecule has 0 unspecified atom stereocenters. The molecule has 0 radical (unpaired) electrons. The van der Waals surface area contributed by atoms with Gasteiger partial charge in [0.05, 0.1) is 6.10 Å². The van der Waals surface area contributed by atoms with Gasteiger partial charge >= 0.3 is 0 Å². The Kier molecular flexibility index (Phi) is 4.39. The average Bonchev–Trinajstić information content (AvgIpc) is 2.53. The number of hydrogen-bond donors (Lipinski definition) is 1. The minimum Gasteiger partial charge on any atom is -0.490 e. The van der Waals surface area contributed by atoms with Crippen LogP contribution in [0.1, 0.15) is 25.7 Å². The van der Waals surface area contributed by atoms with Crippen LogP contribution in [0.3, 0.4) is 0 Å². The Morgan fingerprint density at radius 3 is 2.19 bits per heavy atom. The largest absolute Gasteiger partial charge is 0.490 e. The van der Waals surface area contributed by atoms with E-state index in [2.05, 4.69) is 17.4 Å². The highest BCUT2D eigenvalue weighted by Crippen LogP contribution is 2.26. The molecule has 1 saturated carbocycles. The maximum absolute atomic E-state index is 12.9. The van der Waals surface area contributed by atoms with E-state index in [0.29, 0.717) is 6.04 Å². The second-order valence-electron chi connectivity index (χ2n) is 5.56. The zero-order chi connectivity index (χ0) is 14.5. The molecule has 0 aromatic heterocycles. The van der Waals surface area contributed by atoms with Gasteiger partial charge in [-0.2, -0.15) is 0 Å². The van der Waals surface area contributed by atoms with Crippen LogP contribution in [0.2, 0.25) is 0 Å². The van der Waals surface area contributed by atoms with Crippen LogP contribution in [0.5, 0.6) is 5.75 Å². The molecule has 0 saturated heterocycles. The maximum Gasteiger partial charge on any atom is 0.123 e. The van der Waals surface area contributed by atoms with Gasteiger partial charge < -0.3 is 10.1 Å². The lowest BCUT2D eigenvalue weighted by atomic mass is 9.92. The average molecular weight is 285 g/mol. The van der Waals surface area contributed by atoms with Crippen LogP contribution in [0, 0.1) is 5.82 Å². The first-order valence-corrected chi connectivity index (χ1v) is 7.53. The van der Waals surface area contributed by atoms with Crippen molar-refractivity contribution >= 4 is 5.69 Å². The fourth-order valence-corrected chi connectivity index (χ4v) is 2.80. The minimum atomic E-state index is -0.224. The number of ether oxygens (including phenoxy) is 1. The predicted octanol–water partition coefficient (Wildman–Crippen LogP) is 4.63. The molecule has 0 aliphatic heterocycles. The zero-order valence-corrected chi connectivity index (χ0v) is 12.0. The maximum atomic E-state index is 12.9. The van der Waals surface area contributed by atoms with Gasteiger partial charge in [-0.25, -0.2) is 4.39 Å². The molecule has 110 valence electrons. The van der Waals surface area contributed by atoms with Crippen molar-refractivity contribution in [1.29, 1.82) is 0 Å². The van der Waals surface area contributed by atoms with Gasteiger partial charge in [-0.15, -0.1) is 0 Å². The van der Waals surface area contributed by atoms with Gasteiger partial charge in [0, 0.05) is 11.7 Å². The molecule has 2 nitrogen and oxygen atoms in total. The molecule has 0 heterocycles. The van der Waals surface area contributed by atoms with E-state index >= 15 is 0 Å². The monoisotopic (exact) mass is 285 g/mol. The van der Waals surface area contributed by atoms with Crippen LogP contribution in [-0.2, 0) is 0 Å². The third kappa shape index (κ3) is 3.97. The first-order valence-electron chi connectivity index (χ1n) is 7.53. The van der Waals surface area contributed by atoms with Crippen molar-refractivity contribution in [2.45, 2.75) is 37.8 Å². The summed E-state index contributed by atoms with van der Waals surface area (Å²) in [6.45, 7) is 0. The number of benzene rings is 2. The lowest BCUT2D eigenvalue weighted by Crippen LogP contribution is -2.31. The van der Waals surface area contributed by atoms with Crippen molar-refractivity contribution in [2.75, 3.05) is 5.32 Å². The molecule has 0 amide bonds. The molecule has 2 aromatic rings. The number of halogens is 1. The second kappa shape index (κ2) is 6.61. The van der Waals surface area contributed by atoms with Gasteiger partial charge in [-0.05, 0) is 62.1 Å². The fourth-order valence-electron chi connectivity index (χ4n) is 2.80. The molecular formula is C18H20FNO. The third-order valence-corrected chi connectivity index (χ3v) is 3.94. The Morgan fingerprint density at radius 2 is 1.52 bits per heavy atom. The minimum absolute atomic E-state index is 0.224. The second-order valence-corrected chi connectivity index (χ2v) is 5.56. The SMILES string of the molecule is Fc1ccc(OC2CCC(Nc3ccccc3)CC2)cc1. The van der Waals surface area contributed by atoms with E-state index in [1.54, 1.807) is 12.1 Å². The zero-order valence-electron chi connectivity index (χ0n) is 12.0. The molecule has 0 atom stereocenters. The molecule has 21 heavy (non-hydrogen) atoms. The fraction of sp³-hybridized carbons (Fsp3) is 0.333. The van der Waals surface area contributed by atoms with Gasteiger partial charge in [-0.3, -0.25) is 0 Å². The van der Waals surface area contributed by atoms with Crippen molar-refractivity contribution in [3.8, 4) is 5.75 Å². The molecule has 1 aliphatic carbocycles. The van der Waals surface area contributed by atoms with Crippen molar-refractivity contribution < 1.29 is 9.13 Å². The lowest BCUT2D eigenvalue weighted by Gasteiger charge is -2.30. The topological polar surface area (TPSA) is 21.3 Å². The Labute approximate surface area is 125 Å². The van der Waals surface area contributed by atoms with Crippen molar-refractivity contribution in [3.63, 3.8) is 0 Å². The van der Waals surface area contributed by atoms with E-state index in [4.69, 9.17) is 4.74 Å². The van der Waals surface area contributed by atoms with E-state index in [1.807, 2.05) is 18.2 Å². The normalized spacial score (nSPS) is 21.8. The highest BCUT2D eigenvalue weighted by molar-refractivity contribution is 5.43. The molecule has 1 fully saturated rings. The number of hydrogen-bond acceptors (Lipinski definition) is 2. The molecule has 1 N–H and O–H groups in total. The summed E-state index contributed by atoms with van der Waals surface area (Å²) in [5.74, 6) is 0.536. The lowest BCUT2D eigenvalue weighted by molar-refractivity contribution is 0.150. The Hall–Kier alpha value is -2.03. The molecule has 0 bridgehead atoms. The van der Waals surface area contributed by atoms with Gasteiger partial charge in [0.25, 0.3) is 0 Å². The summed E-state index contributed by atoms with van der Waals surface area (Å²) in [6.07, 6.45) is 4.50. The van der Waals surface area contributed by atoms with Gasteiger partial charge in [0.2, 0.25) is 0 Å².